The van der Waals surface area contributed by atoms with Gasteiger partial charge in [-0.3, -0.25) is 0 Å². The SMILES string of the molecule is CC[C@H](O)c1ccc(N(C)CC2CCCO2)cc1. The Morgan fingerprint density at radius 3 is 2.67 bits per heavy atom. The quantitative estimate of drug-likeness (QED) is 0.871. The van der Waals surface area contributed by atoms with Crippen LogP contribution in [0.4, 0.5) is 5.69 Å². The Labute approximate surface area is 109 Å². The first-order chi connectivity index (χ1) is 8.70. The number of benzene rings is 1. The first kappa shape index (κ1) is 13.4. The number of hydrogen-bond donors (Lipinski definition) is 1. The zero-order valence-corrected chi connectivity index (χ0v) is 11.3. The summed E-state index contributed by atoms with van der Waals surface area (Å²) in [6.07, 6.45) is 3.13. The van der Waals surface area contributed by atoms with E-state index in [9.17, 15) is 5.11 Å². The fraction of sp³-hybridized carbons (Fsp3) is 0.600. The molecule has 1 saturated heterocycles. The molecule has 0 aliphatic carbocycles. The highest BCUT2D eigenvalue weighted by Crippen LogP contribution is 2.22. The highest BCUT2D eigenvalue weighted by molar-refractivity contribution is 5.47. The van der Waals surface area contributed by atoms with Crippen LogP contribution in [-0.2, 0) is 4.74 Å². The van der Waals surface area contributed by atoms with Crippen LogP contribution in [0.15, 0.2) is 24.3 Å². The molecule has 18 heavy (non-hydrogen) atoms. The average Bonchev–Trinajstić information content (AvgIpc) is 2.91. The van der Waals surface area contributed by atoms with Crippen molar-refractivity contribution < 1.29 is 9.84 Å². The fourth-order valence-electron chi connectivity index (χ4n) is 2.39. The lowest BCUT2D eigenvalue weighted by molar-refractivity contribution is 0.116. The topological polar surface area (TPSA) is 32.7 Å². The number of aliphatic hydroxyl groups excluding tert-OH is 1. The Morgan fingerprint density at radius 1 is 1.39 bits per heavy atom. The third-order valence-electron chi connectivity index (χ3n) is 3.61. The lowest BCUT2D eigenvalue weighted by atomic mass is 10.1. The second-order valence-corrected chi connectivity index (χ2v) is 5.03. The standard InChI is InChI=1S/C15H23NO2/c1-3-15(17)12-6-8-13(9-7-12)16(2)11-14-5-4-10-18-14/h6-9,14-15,17H,3-5,10-11H2,1-2H3/t14?,15-/m0/s1. The molecule has 1 aromatic rings. The van der Waals surface area contributed by atoms with Crippen molar-refractivity contribution in [1.29, 1.82) is 0 Å². The second kappa shape index (κ2) is 6.21. The molecule has 1 aliphatic heterocycles. The van der Waals surface area contributed by atoms with Crippen LogP contribution in [0.25, 0.3) is 0 Å². The number of likely N-dealkylation sites (N-methyl/N-ethyl adjacent to an activating group) is 1. The van der Waals surface area contributed by atoms with E-state index in [1.807, 2.05) is 19.1 Å². The van der Waals surface area contributed by atoms with Gasteiger partial charge < -0.3 is 14.7 Å². The van der Waals surface area contributed by atoms with Crippen molar-refractivity contribution in [2.75, 3.05) is 25.1 Å². The summed E-state index contributed by atoms with van der Waals surface area (Å²) in [5.41, 5.74) is 2.17. The van der Waals surface area contributed by atoms with Crippen LogP contribution in [0, 0.1) is 0 Å². The normalized spacial score (nSPS) is 20.9. The molecule has 1 heterocycles. The van der Waals surface area contributed by atoms with Crippen LogP contribution >= 0.6 is 0 Å². The molecule has 0 radical (unpaired) electrons. The number of ether oxygens (including phenoxy) is 1. The summed E-state index contributed by atoms with van der Waals surface area (Å²) < 4.78 is 5.64. The molecule has 0 spiro atoms. The highest BCUT2D eigenvalue weighted by Gasteiger charge is 2.17. The predicted octanol–water partition coefficient (Wildman–Crippen LogP) is 2.75. The molecule has 3 heteroatoms. The summed E-state index contributed by atoms with van der Waals surface area (Å²) in [6.45, 7) is 3.83. The molecule has 100 valence electrons. The first-order valence-corrected chi connectivity index (χ1v) is 6.81. The van der Waals surface area contributed by atoms with E-state index in [2.05, 4.69) is 24.1 Å². The van der Waals surface area contributed by atoms with E-state index >= 15 is 0 Å². The van der Waals surface area contributed by atoms with Crippen LogP contribution < -0.4 is 4.90 Å². The molecule has 0 aromatic heterocycles. The van der Waals surface area contributed by atoms with Crippen LogP contribution in [0.2, 0.25) is 0 Å². The van der Waals surface area contributed by atoms with E-state index in [-0.39, 0.29) is 6.10 Å². The summed E-state index contributed by atoms with van der Waals surface area (Å²) in [5.74, 6) is 0. The van der Waals surface area contributed by atoms with E-state index in [1.165, 1.54) is 12.1 Å². The van der Waals surface area contributed by atoms with Gasteiger partial charge in [-0.25, -0.2) is 0 Å². The van der Waals surface area contributed by atoms with Crippen molar-refractivity contribution in [3.8, 4) is 0 Å². The summed E-state index contributed by atoms with van der Waals surface area (Å²) in [6, 6.07) is 8.16. The molecule has 0 saturated carbocycles. The van der Waals surface area contributed by atoms with Crippen LogP contribution in [0.1, 0.15) is 37.9 Å². The molecule has 1 aromatic carbocycles. The number of nitrogens with zero attached hydrogens (tertiary/aromatic N) is 1. The van der Waals surface area contributed by atoms with Crippen LogP contribution in [-0.4, -0.2) is 31.4 Å². The van der Waals surface area contributed by atoms with Gasteiger partial charge in [-0.05, 0) is 37.0 Å². The Hall–Kier alpha value is -1.06. The molecule has 0 bridgehead atoms. The van der Waals surface area contributed by atoms with Gasteiger partial charge in [0, 0.05) is 25.9 Å². The molecular formula is C15H23NO2. The lowest BCUT2D eigenvalue weighted by Crippen LogP contribution is -2.28. The fourth-order valence-corrected chi connectivity index (χ4v) is 2.39. The number of anilines is 1. The van der Waals surface area contributed by atoms with Crippen molar-refractivity contribution in [2.24, 2.45) is 0 Å². The number of hydrogen-bond acceptors (Lipinski definition) is 3. The number of aliphatic hydroxyl groups is 1. The maximum absolute atomic E-state index is 9.75. The predicted molar refractivity (Wildman–Crippen MR) is 73.9 cm³/mol. The van der Waals surface area contributed by atoms with Gasteiger partial charge in [-0.15, -0.1) is 0 Å². The Kier molecular flexibility index (Phi) is 4.61. The van der Waals surface area contributed by atoms with Gasteiger partial charge in [0.15, 0.2) is 0 Å². The molecule has 2 rings (SSSR count). The van der Waals surface area contributed by atoms with Gasteiger partial charge in [0.1, 0.15) is 0 Å². The van der Waals surface area contributed by atoms with E-state index in [4.69, 9.17) is 4.74 Å². The molecule has 1 aliphatic rings. The highest BCUT2D eigenvalue weighted by atomic mass is 16.5. The maximum atomic E-state index is 9.75. The van der Waals surface area contributed by atoms with E-state index in [0.29, 0.717) is 6.10 Å². The van der Waals surface area contributed by atoms with E-state index in [1.54, 1.807) is 0 Å². The third kappa shape index (κ3) is 3.24. The van der Waals surface area contributed by atoms with Gasteiger partial charge in [0.05, 0.1) is 12.2 Å². The second-order valence-electron chi connectivity index (χ2n) is 5.03. The molecule has 1 N–H and O–H groups in total. The minimum absolute atomic E-state index is 0.345. The van der Waals surface area contributed by atoms with Gasteiger partial charge >= 0.3 is 0 Å². The van der Waals surface area contributed by atoms with Gasteiger partial charge in [0.25, 0.3) is 0 Å². The number of rotatable bonds is 5. The van der Waals surface area contributed by atoms with Gasteiger partial charge in [-0.1, -0.05) is 19.1 Å². The Morgan fingerprint density at radius 2 is 2.11 bits per heavy atom. The molecular weight excluding hydrogens is 226 g/mol. The molecule has 0 amide bonds. The van der Waals surface area contributed by atoms with Crippen LogP contribution in [0.3, 0.4) is 0 Å². The largest absolute Gasteiger partial charge is 0.388 e. The van der Waals surface area contributed by atoms with Crippen molar-refractivity contribution >= 4 is 5.69 Å². The zero-order chi connectivity index (χ0) is 13.0. The first-order valence-electron chi connectivity index (χ1n) is 6.81. The van der Waals surface area contributed by atoms with Gasteiger partial charge in [0.2, 0.25) is 0 Å². The third-order valence-corrected chi connectivity index (χ3v) is 3.61. The van der Waals surface area contributed by atoms with Crippen LogP contribution in [0.5, 0.6) is 0 Å². The molecule has 1 unspecified atom stereocenters. The van der Waals surface area contributed by atoms with Crippen molar-refractivity contribution in [3.63, 3.8) is 0 Å². The average molecular weight is 249 g/mol. The lowest BCUT2D eigenvalue weighted by Gasteiger charge is -2.23. The smallest absolute Gasteiger partial charge is 0.0787 e. The molecule has 2 atom stereocenters. The van der Waals surface area contributed by atoms with Crippen molar-refractivity contribution in [2.45, 2.75) is 38.4 Å². The Bertz CT molecular complexity index is 357. The minimum Gasteiger partial charge on any atom is -0.388 e. The zero-order valence-electron chi connectivity index (χ0n) is 11.3. The molecule has 1 fully saturated rings. The van der Waals surface area contributed by atoms with Crippen molar-refractivity contribution in [1.82, 2.24) is 0 Å². The summed E-state index contributed by atoms with van der Waals surface area (Å²) in [4.78, 5) is 2.22. The monoisotopic (exact) mass is 249 g/mol. The van der Waals surface area contributed by atoms with Crippen molar-refractivity contribution in [3.05, 3.63) is 29.8 Å². The molecule has 3 nitrogen and oxygen atoms in total. The van der Waals surface area contributed by atoms with Gasteiger partial charge in [-0.2, -0.15) is 0 Å². The van der Waals surface area contributed by atoms with E-state index < -0.39 is 0 Å². The summed E-state index contributed by atoms with van der Waals surface area (Å²) >= 11 is 0. The van der Waals surface area contributed by atoms with E-state index in [0.717, 1.165) is 31.6 Å². The Balaban J connectivity index is 1.95. The summed E-state index contributed by atoms with van der Waals surface area (Å²) in [5, 5.41) is 9.75. The minimum atomic E-state index is -0.345. The summed E-state index contributed by atoms with van der Waals surface area (Å²) in [7, 11) is 2.09. The maximum Gasteiger partial charge on any atom is 0.0787 e.